The molecule has 0 aliphatic carbocycles. The number of carbonyl (C=O) groups excluding carboxylic acids is 1. The number of nitrogens with one attached hydrogen (secondary N) is 2. The first-order valence-corrected chi connectivity index (χ1v) is 8.08. The van der Waals surface area contributed by atoms with Gasteiger partial charge in [-0.1, -0.05) is 17.7 Å². The van der Waals surface area contributed by atoms with Gasteiger partial charge in [0.05, 0.1) is 5.69 Å². The summed E-state index contributed by atoms with van der Waals surface area (Å²) < 4.78 is 0. The van der Waals surface area contributed by atoms with Crippen LogP contribution in [0.3, 0.4) is 0 Å². The Kier molecular flexibility index (Phi) is 5.27. The fourth-order valence-corrected chi connectivity index (χ4v) is 2.64. The fourth-order valence-electron chi connectivity index (χ4n) is 2.50. The number of hydrogen-bond acceptors (Lipinski definition) is 6. The van der Waals surface area contributed by atoms with Crippen LogP contribution in [0.4, 0.5) is 0 Å². The fraction of sp³-hybridized carbons (Fsp3) is 0.176. The van der Waals surface area contributed by atoms with Gasteiger partial charge >= 0.3 is 0 Å². The number of H-pyrrole nitrogens is 1. The van der Waals surface area contributed by atoms with Crippen LogP contribution >= 0.6 is 11.6 Å². The molecular weight excluding hydrogens is 358 g/mol. The van der Waals surface area contributed by atoms with E-state index in [0.29, 0.717) is 22.4 Å². The van der Waals surface area contributed by atoms with E-state index in [1.54, 1.807) is 37.5 Å². The molecule has 1 amide bonds. The Morgan fingerprint density at radius 2 is 2.15 bits per heavy atom. The highest BCUT2D eigenvalue weighted by Gasteiger charge is 2.23. The quantitative estimate of drug-likeness (QED) is 0.398. The Morgan fingerprint density at radius 1 is 1.35 bits per heavy atom. The van der Waals surface area contributed by atoms with Crippen molar-refractivity contribution in [1.82, 2.24) is 25.3 Å². The summed E-state index contributed by atoms with van der Waals surface area (Å²) in [6.45, 7) is 1.74. The van der Waals surface area contributed by atoms with Crippen molar-refractivity contribution in [2.45, 2.75) is 19.3 Å². The maximum atomic E-state index is 12.4. The van der Waals surface area contributed by atoms with E-state index in [-0.39, 0.29) is 10.8 Å². The van der Waals surface area contributed by atoms with Crippen molar-refractivity contribution in [2.24, 2.45) is 0 Å². The Bertz CT molecular complexity index is 916. The molecule has 0 saturated heterocycles. The number of hydrogen-bond donors (Lipinski definition) is 4. The van der Waals surface area contributed by atoms with Crippen molar-refractivity contribution < 1.29 is 15.0 Å². The number of aromatic nitrogens is 4. The third-order valence-corrected chi connectivity index (χ3v) is 4.09. The maximum Gasteiger partial charge on any atom is 0.270 e. The van der Waals surface area contributed by atoms with Crippen molar-refractivity contribution >= 4 is 17.5 Å². The Morgan fingerprint density at radius 3 is 2.85 bits per heavy atom. The summed E-state index contributed by atoms with van der Waals surface area (Å²) >= 11 is 5.87. The second-order valence-electron chi connectivity index (χ2n) is 5.58. The van der Waals surface area contributed by atoms with Crippen molar-refractivity contribution in [3.63, 3.8) is 0 Å². The highest BCUT2D eigenvalue weighted by molar-refractivity contribution is 6.29. The first kappa shape index (κ1) is 18.0. The van der Waals surface area contributed by atoms with Crippen LogP contribution in [-0.2, 0) is 0 Å². The van der Waals surface area contributed by atoms with Crippen LogP contribution < -0.4 is 5.32 Å². The molecule has 8 nitrogen and oxygen atoms in total. The van der Waals surface area contributed by atoms with E-state index in [2.05, 4.69) is 25.3 Å². The number of aliphatic hydroxyl groups is 2. The van der Waals surface area contributed by atoms with Crippen LogP contribution in [0.2, 0.25) is 5.15 Å². The molecule has 2 atom stereocenters. The Hall–Kier alpha value is -2.81. The lowest BCUT2D eigenvalue weighted by molar-refractivity contribution is -0.00113. The number of carbonyl (C=O) groups is 1. The molecular formula is C17H16ClN5O3. The molecule has 0 spiro atoms. The van der Waals surface area contributed by atoms with Crippen molar-refractivity contribution in [1.29, 1.82) is 0 Å². The number of aliphatic hydroxyl groups excluding tert-OH is 2. The van der Waals surface area contributed by atoms with Gasteiger partial charge in [0.1, 0.15) is 23.3 Å². The molecule has 3 aromatic rings. The van der Waals surface area contributed by atoms with E-state index in [9.17, 15) is 15.0 Å². The van der Waals surface area contributed by atoms with E-state index in [1.807, 2.05) is 0 Å². The molecule has 134 valence electrons. The lowest BCUT2D eigenvalue weighted by Gasteiger charge is -2.19. The van der Waals surface area contributed by atoms with Crippen LogP contribution in [0.15, 0.2) is 43.1 Å². The molecule has 0 aliphatic rings. The molecule has 26 heavy (non-hydrogen) atoms. The normalized spacial score (nSPS) is 13.2. The number of nitrogens with zero attached hydrogens (tertiary/aromatic N) is 3. The zero-order valence-corrected chi connectivity index (χ0v) is 14.5. The van der Waals surface area contributed by atoms with E-state index in [4.69, 9.17) is 11.6 Å². The van der Waals surface area contributed by atoms with Gasteiger partial charge in [0.15, 0.2) is 6.23 Å². The van der Waals surface area contributed by atoms with Gasteiger partial charge < -0.3 is 20.5 Å². The molecule has 0 radical (unpaired) electrons. The van der Waals surface area contributed by atoms with Gasteiger partial charge in [-0.25, -0.2) is 9.97 Å². The summed E-state index contributed by atoms with van der Waals surface area (Å²) in [6, 6.07) is 4.81. The molecule has 4 N–H and O–H groups in total. The topological polar surface area (TPSA) is 124 Å². The zero-order valence-electron chi connectivity index (χ0n) is 13.7. The molecule has 0 saturated carbocycles. The van der Waals surface area contributed by atoms with Gasteiger partial charge in [0, 0.05) is 35.8 Å². The summed E-state index contributed by atoms with van der Waals surface area (Å²) in [5.74, 6) is -0.565. The van der Waals surface area contributed by atoms with E-state index < -0.39 is 18.2 Å². The predicted molar refractivity (Wildman–Crippen MR) is 94.2 cm³/mol. The largest absolute Gasteiger partial charge is 0.384 e. The molecule has 0 fully saturated rings. The number of pyridine rings is 1. The molecule has 9 heteroatoms. The third kappa shape index (κ3) is 3.72. The van der Waals surface area contributed by atoms with Gasteiger partial charge in [-0.3, -0.25) is 9.78 Å². The number of rotatable bonds is 5. The summed E-state index contributed by atoms with van der Waals surface area (Å²) in [7, 11) is 0. The molecule has 3 heterocycles. The highest BCUT2D eigenvalue weighted by Crippen LogP contribution is 2.25. The minimum atomic E-state index is -1.49. The van der Waals surface area contributed by atoms with Crippen LogP contribution in [0, 0.1) is 6.92 Å². The smallest absolute Gasteiger partial charge is 0.270 e. The Labute approximate surface area is 153 Å². The molecule has 3 aromatic heterocycles. The molecule has 0 aromatic carbocycles. The number of amides is 1. The molecule has 0 bridgehead atoms. The standard InChI is InChI=1S/C17H16ClN5O3/c1-9-11(12-5-13(18)22-8-21-12)7-20-14(9)16(25)23-17(26)15(24)10-3-2-4-19-6-10/h2-8,15,17,20,24,26H,1H3,(H,23,25). The lowest BCUT2D eigenvalue weighted by atomic mass is 10.1. The van der Waals surface area contributed by atoms with Gasteiger partial charge in [0.25, 0.3) is 5.91 Å². The average Bonchev–Trinajstić information content (AvgIpc) is 3.03. The summed E-state index contributed by atoms with van der Waals surface area (Å²) in [4.78, 5) is 27.1. The SMILES string of the molecule is Cc1c(-c2cc(Cl)ncn2)c[nH]c1C(=O)NC(O)C(O)c1cccnc1. The van der Waals surface area contributed by atoms with E-state index >= 15 is 0 Å². The minimum absolute atomic E-state index is 0.243. The lowest BCUT2D eigenvalue weighted by Crippen LogP contribution is -2.39. The van der Waals surface area contributed by atoms with Crippen LogP contribution in [0.1, 0.15) is 27.7 Å². The number of halogens is 1. The van der Waals surface area contributed by atoms with Crippen LogP contribution in [0.25, 0.3) is 11.3 Å². The summed E-state index contributed by atoms with van der Waals surface area (Å²) in [5.41, 5.74) is 2.50. The monoisotopic (exact) mass is 373 g/mol. The second kappa shape index (κ2) is 7.61. The van der Waals surface area contributed by atoms with Crippen molar-refractivity contribution in [3.05, 3.63) is 65.1 Å². The van der Waals surface area contributed by atoms with Gasteiger partial charge in [-0.2, -0.15) is 0 Å². The van der Waals surface area contributed by atoms with E-state index in [0.717, 1.165) is 0 Å². The average molecular weight is 374 g/mol. The predicted octanol–water partition coefficient (Wildman–Crippen LogP) is 1.61. The molecule has 3 rings (SSSR count). The minimum Gasteiger partial charge on any atom is -0.384 e. The highest BCUT2D eigenvalue weighted by atomic mass is 35.5. The first-order valence-electron chi connectivity index (χ1n) is 7.70. The van der Waals surface area contributed by atoms with E-state index in [1.165, 1.54) is 12.5 Å². The van der Waals surface area contributed by atoms with Crippen LogP contribution in [-0.4, -0.2) is 42.3 Å². The van der Waals surface area contributed by atoms with Crippen LogP contribution in [0.5, 0.6) is 0 Å². The Balaban J connectivity index is 1.76. The summed E-state index contributed by atoms with van der Waals surface area (Å²) in [6.07, 6.45) is 3.11. The van der Waals surface area contributed by atoms with Gasteiger partial charge in [-0.05, 0) is 18.6 Å². The summed E-state index contributed by atoms with van der Waals surface area (Å²) in [5, 5.41) is 22.9. The van der Waals surface area contributed by atoms with Gasteiger partial charge in [-0.15, -0.1) is 0 Å². The second-order valence-corrected chi connectivity index (χ2v) is 5.97. The first-order chi connectivity index (χ1) is 12.5. The molecule has 2 unspecified atom stereocenters. The maximum absolute atomic E-state index is 12.4. The van der Waals surface area contributed by atoms with Crippen molar-refractivity contribution in [2.75, 3.05) is 0 Å². The third-order valence-electron chi connectivity index (χ3n) is 3.88. The molecule has 0 aliphatic heterocycles. The zero-order chi connectivity index (χ0) is 18.7. The number of aromatic amines is 1. The van der Waals surface area contributed by atoms with Crippen molar-refractivity contribution in [3.8, 4) is 11.3 Å². The van der Waals surface area contributed by atoms with Gasteiger partial charge in [0.2, 0.25) is 0 Å².